The molecule has 0 fully saturated rings. The minimum absolute atomic E-state index is 0.111. The van der Waals surface area contributed by atoms with Crippen LogP contribution in [0.25, 0.3) is 0 Å². The summed E-state index contributed by atoms with van der Waals surface area (Å²) >= 11 is 0. The molecule has 3 aromatic rings. The molecule has 0 spiro atoms. The Balaban J connectivity index is 1.86. The van der Waals surface area contributed by atoms with Gasteiger partial charge in [0.15, 0.2) is 5.69 Å². The number of hydrogen-bond donors (Lipinski definition) is 0. The molecular formula is C19H13F3N2O3. The van der Waals surface area contributed by atoms with Gasteiger partial charge >= 0.3 is 12.1 Å². The molecule has 0 aliphatic carbocycles. The van der Waals surface area contributed by atoms with Gasteiger partial charge in [-0.05, 0) is 23.8 Å². The minimum Gasteiger partial charge on any atom is -0.421 e. The van der Waals surface area contributed by atoms with Gasteiger partial charge in [-0.2, -0.15) is 18.3 Å². The SMILES string of the molecule is O=C(Oc1ccccc1C(F)(F)F)c1ccc(=O)n(Cc2ccccc2)n1. The van der Waals surface area contributed by atoms with Gasteiger partial charge in [0.25, 0.3) is 5.56 Å². The fraction of sp³-hybridized carbons (Fsp3) is 0.105. The third kappa shape index (κ3) is 4.41. The van der Waals surface area contributed by atoms with Gasteiger partial charge in [0, 0.05) is 6.07 Å². The molecule has 0 N–H and O–H groups in total. The van der Waals surface area contributed by atoms with E-state index in [-0.39, 0.29) is 12.2 Å². The largest absolute Gasteiger partial charge is 0.421 e. The van der Waals surface area contributed by atoms with E-state index in [1.165, 1.54) is 12.1 Å². The Labute approximate surface area is 151 Å². The topological polar surface area (TPSA) is 61.2 Å². The lowest BCUT2D eigenvalue weighted by atomic mass is 10.2. The van der Waals surface area contributed by atoms with Crippen LogP contribution in [-0.4, -0.2) is 15.7 Å². The zero-order valence-corrected chi connectivity index (χ0v) is 13.8. The van der Waals surface area contributed by atoms with Gasteiger partial charge in [-0.3, -0.25) is 4.79 Å². The Morgan fingerprint density at radius 1 is 0.963 bits per heavy atom. The van der Waals surface area contributed by atoms with Gasteiger partial charge < -0.3 is 4.74 Å². The molecule has 27 heavy (non-hydrogen) atoms. The Morgan fingerprint density at radius 2 is 1.63 bits per heavy atom. The zero-order chi connectivity index (χ0) is 19.4. The number of benzene rings is 2. The molecular weight excluding hydrogens is 361 g/mol. The molecule has 2 aromatic carbocycles. The zero-order valence-electron chi connectivity index (χ0n) is 13.8. The number of carbonyl (C=O) groups is 1. The van der Waals surface area contributed by atoms with Gasteiger partial charge in [-0.15, -0.1) is 0 Å². The quantitative estimate of drug-likeness (QED) is 0.518. The highest BCUT2D eigenvalue weighted by Gasteiger charge is 2.34. The average Bonchev–Trinajstić information content (AvgIpc) is 2.64. The van der Waals surface area contributed by atoms with E-state index in [0.717, 1.165) is 34.5 Å². The van der Waals surface area contributed by atoms with Crippen LogP contribution in [0.4, 0.5) is 13.2 Å². The lowest BCUT2D eigenvalue weighted by Crippen LogP contribution is -2.26. The van der Waals surface area contributed by atoms with Crippen molar-refractivity contribution < 1.29 is 22.7 Å². The summed E-state index contributed by atoms with van der Waals surface area (Å²) in [6.07, 6.45) is -4.67. The molecule has 0 amide bonds. The number of nitrogens with zero attached hydrogens (tertiary/aromatic N) is 2. The number of esters is 1. The number of ether oxygens (including phenoxy) is 1. The van der Waals surface area contributed by atoms with Gasteiger partial charge in [0.2, 0.25) is 0 Å². The summed E-state index contributed by atoms with van der Waals surface area (Å²) in [6, 6.07) is 15.5. The highest BCUT2D eigenvalue weighted by molar-refractivity contribution is 5.88. The molecule has 0 bridgehead atoms. The van der Waals surface area contributed by atoms with Crippen LogP contribution < -0.4 is 10.3 Å². The maximum absolute atomic E-state index is 13.0. The predicted molar refractivity (Wildman–Crippen MR) is 90.4 cm³/mol. The lowest BCUT2D eigenvalue weighted by Gasteiger charge is -2.12. The highest BCUT2D eigenvalue weighted by Crippen LogP contribution is 2.36. The van der Waals surface area contributed by atoms with Gasteiger partial charge in [0.1, 0.15) is 5.75 Å². The maximum Gasteiger partial charge on any atom is 0.419 e. The summed E-state index contributed by atoms with van der Waals surface area (Å²) in [6.45, 7) is 0.111. The van der Waals surface area contributed by atoms with E-state index in [9.17, 15) is 22.8 Å². The molecule has 138 valence electrons. The van der Waals surface area contributed by atoms with Crippen molar-refractivity contribution in [3.63, 3.8) is 0 Å². The second-order valence-electron chi connectivity index (χ2n) is 5.58. The molecule has 0 aliphatic rings. The molecule has 0 aliphatic heterocycles. The number of aromatic nitrogens is 2. The molecule has 1 aromatic heterocycles. The molecule has 0 radical (unpaired) electrons. The predicted octanol–water partition coefficient (Wildman–Crippen LogP) is 3.53. The van der Waals surface area contributed by atoms with Crippen molar-refractivity contribution in [2.24, 2.45) is 0 Å². The fourth-order valence-corrected chi connectivity index (χ4v) is 2.37. The van der Waals surface area contributed by atoms with E-state index in [1.807, 2.05) is 6.07 Å². The number of para-hydroxylation sites is 1. The Hall–Kier alpha value is -3.42. The molecule has 8 heteroatoms. The van der Waals surface area contributed by atoms with E-state index in [2.05, 4.69) is 5.10 Å². The standard InChI is InChI=1S/C19H13F3N2O3/c20-19(21,22)14-8-4-5-9-16(14)27-18(26)15-10-11-17(25)24(23-15)12-13-6-2-1-3-7-13/h1-11H,12H2. The van der Waals surface area contributed by atoms with Crippen molar-refractivity contribution in [2.75, 3.05) is 0 Å². The van der Waals surface area contributed by atoms with Crippen LogP contribution in [0.15, 0.2) is 71.5 Å². The van der Waals surface area contributed by atoms with Crippen LogP contribution in [0.2, 0.25) is 0 Å². The molecule has 0 saturated carbocycles. The number of hydrogen-bond acceptors (Lipinski definition) is 4. The molecule has 3 rings (SSSR count). The average molecular weight is 374 g/mol. The number of carbonyl (C=O) groups excluding carboxylic acids is 1. The van der Waals surface area contributed by atoms with E-state index in [0.29, 0.717) is 0 Å². The lowest BCUT2D eigenvalue weighted by molar-refractivity contribution is -0.138. The van der Waals surface area contributed by atoms with Crippen molar-refractivity contribution in [2.45, 2.75) is 12.7 Å². The Kier molecular flexibility index (Phi) is 5.07. The molecule has 5 nitrogen and oxygen atoms in total. The molecule has 1 heterocycles. The normalized spacial score (nSPS) is 11.2. The number of alkyl halides is 3. The van der Waals surface area contributed by atoms with Crippen LogP contribution >= 0.6 is 0 Å². The van der Waals surface area contributed by atoms with E-state index in [1.54, 1.807) is 24.3 Å². The molecule has 0 atom stereocenters. The second-order valence-corrected chi connectivity index (χ2v) is 5.58. The van der Waals surface area contributed by atoms with Gasteiger partial charge in [0.05, 0.1) is 12.1 Å². The first-order valence-corrected chi connectivity index (χ1v) is 7.85. The minimum atomic E-state index is -4.67. The summed E-state index contributed by atoms with van der Waals surface area (Å²) in [5.41, 5.74) is -1.02. The maximum atomic E-state index is 13.0. The van der Waals surface area contributed by atoms with Crippen molar-refractivity contribution in [1.29, 1.82) is 0 Å². The van der Waals surface area contributed by atoms with E-state index < -0.39 is 29.0 Å². The summed E-state index contributed by atoms with van der Waals surface area (Å²) < 4.78 is 44.9. The second kappa shape index (κ2) is 7.45. The first-order valence-electron chi connectivity index (χ1n) is 7.85. The Morgan fingerprint density at radius 3 is 2.33 bits per heavy atom. The van der Waals surface area contributed by atoms with E-state index >= 15 is 0 Å². The van der Waals surface area contributed by atoms with Crippen LogP contribution in [0.5, 0.6) is 5.75 Å². The van der Waals surface area contributed by atoms with E-state index in [4.69, 9.17) is 4.74 Å². The van der Waals surface area contributed by atoms with Gasteiger partial charge in [-0.1, -0.05) is 42.5 Å². The third-order valence-electron chi connectivity index (χ3n) is 3.65. The highest BCUT2D eigenvalue weighted by atomic mass is 19.4. The van der Waals surface area contributed by atoms with Crippen LogP contribution in [0.1, 0.15) is 21.6 Å². The summed E-state index contributed by atoms with van der Waals surface area (Å²) in [5, 5.41) is 3.90. The van der Waals surface area contributed by atoms with Crippen molar-refractivity contribution in [1.82, 2.24) is 9.78 Å². The molecule has 0 unspecified atom stereocenters. The van der Waals surface area contributed by atoms with Crippen molar-refractivity contribution in [3.05, 3.63) is 93.9 Å². The Bertz CT molecular complexity index is 1010. The third-order valence-corrected chi connectivity index (χ3v) is 3.65. The number of halogens is 3. The summed E-state index contributed by atoms with van der Waals surface area (Å²) in [4.78, 5) is 24.2. The van der Waals surface area contributed by atoms with Crippen LogP contribution in [0.3, 0.4) is 0 Å². The monoisotopic (exact) mass is 374 g/mol. The van der Waals surface area contributed by atoms with Gasteiger partial charge in [-0.25, -0.2) is 9.48 Å². The van der Waals surface area contributed by atoms with Crippen LogP contribution in [-0.2, 0) is 12.7 Å². The van der Waals surface area contributed by atoms with Crippen molar-refractivity contribution in [3.8, 4) is 5.75 Å². The first kappa shape index (κ1) is 18.4. The first-order chi connectivity index (χ1) is 12.8. The molecule has 0 saturated heterocycles. The van der Waals surface area contributed by atoms with Crippen molar-refractivity contribution >= 4 is 5.97 Å². The fourth-order valence-electron chi connectivity index (χ4n) is 2.37. The smallest absolute Gasteiger partial charge is 0.419 e. The van der Waals surface area contributed by atoms with Crippen LogP contribution in [0, 0.1) is 0 Å². The summed E-state index contributed by atoms with van der Waals surface area (Å²) in [5.74, 6) is -1.72. The summed E-state index contributed by atoms with van der Waals surface area (Å²) in [7, 11) is 0. The number of rotatable bonds is 4.